The molecule has 1 aromatic heterocycles. The highest BCUT2D eigenvalue weighted by molar-refractivity contribution is 5.80. The van der Waals surface area contributed by atoms with Crippen molar-refractivity contribution in [1.82, 2.24) is 20.1 Å². The van der Waals surface area contributed by atoms with Crippen molar-refractivity contribution in [2.75, 3.05) is 0 Å². The number of benzene rings is 1. The second-order valence-electron chi connectivity index (χ2n) is 4.33. The molecular formula is C13H15FN4O. The maximum absolute atomic E-state index is 12.8. The van der Waals surface area contributed by atoms with Crippen molar-refractivity contribution in [2.24, 2.45) is 0 Å². The van der Waals surface area contributed by atoms with E-state index in [9.17, 15) is 9.18 Å². The fraction of sp³-hybridized carbons (Fsp3) is 0.308. The zero-order chi connectivity index (χ0) is 13.8. The number of rotatable bonds is 4. The van der Waals surface area contributed by atoms with Crippen LogP contribution in [0.1, 0.15) is 31.5 Å². The number of carbonyl (C=O) groups is 1. The number of nitrogens with one attached hydrogen (secondary N) is 1. The molecule has 1 amide bonds. The second-order valence-corrected chi connectivity index (χ2v) is 4.33. The monoisotopic (exact) mass is 262 g/mol. The first-order chi connectivity index (χ1) is 9.08. The van der Waals surface area contributed by atoms with Gasteiger partial charge < -0.3 is 5.32 Å². The van der Waals surface area contributed by atoms with E-state index in [0.29, 0.717) is 0 Å². The Morgan fingerprint density at radius 3 is 2.58 bits per heavy atom. The van der Waals surface area contributed by atoms with Crippen molar-refractivity contribution in [3.8, 4) is 0 Å². The summed E-state index contributed by atoms with van der Waals surface area (Å²) in [6, 6.07) is 5.42. The SMILES string of the molecule is C[C@H](C(=O)N[C@H](C)c1ccc(F)cc1)n1cncn1. The van der Waals surface area contributed by atoms with Crippen LogP contribution in [0, 0.1) is 5.82 Å². The van der Waals surface area contributed by atoms with Gasteiger partial charge in [0.05, 0.1) is 6.04 Å². The molecule has 0 radical (unpaired) electrons. The van der Waals surface area contributed by atoms with E-state index in [1.165, 1.54) is 29.5 Å². The van der Waals surface area contributed by atoms with Gasteiger partial charge >= 0.3 is 0 Å². The summed E-state index contributed by atoms with van der Waals surface area (Å²) < 4.78 is 14.3. The highest BCUT2D eigenvalue weighted by Gasteiger charge is 2.18. The summed E-state index contributed by atoms with van der Waals surface area (Å²) in [6.07, 6.45) is 2.87. The summed E-state index contributed by atoms with van der Waals surface area (Å²) in [5.41, 5.74) is 0.848. The van der Waals surface area contributed by atoms with Gasteiger partial charge in [-0.15, -0.1) is 0 Å². The minimum Gasteiger partial charge on any atom is -0.348 e. The van der Waals surface area contributed by atoms with Crippen LogP contribution >= 0.6 is 0 Å². The first-order valence-electron chi connectivity index (χ1n) is 5.98. The van der Waals surface area contributed by atoms with E-state index in [0.717, 1.165) is 5.56 Å². The molecular weight excluding hydrogens is 247 g/mol. The van der Waals surface area contributed by atoms with E-state index in [2.05, 4.69) is 15.4 Å². The molecule has 0 saturated carbocycles. The van der Waals surface area contributed by atoms with Crippen LogP contribution in [0.25, 0.3) is 0 Å². The number of hydrogen-bond acceptors (Lipinski definition) is 3. The highest BCUT2D eigenvalue weighted by atomic mass is 19.1. The number of carbonyl (C=O) groups excluding carboxylic acids is 1. The zero-order valence-electron chi connectivity index (χ0n) is 10.7. The molecule has 0 fully saturated rings. The molecule has 2 aromatic rings. The molecule has 0 saturated heterocycles. The van der Waals surface area contributed by atoms with Crippen molar-refractivity contribution < 1.29 is 9.18 Å². The Morgan fingerprint density at radius 1 is 1.32 bits per heavy atom. The largest absolute Gasteiger partial charge is 0.348 e. The topological polar surface area (TPSA) is 59.8 Å². The Bertz CT molecular complexity index is 538. The van der Waals surface area contributed by atoms with Gasteiger partial charge in [-0.3, -0.25) is 4.79 Å². The highest BCUT2D eigenvalue weighted by Crippen LogP contribution is 2.14. The molecule has 0 spiro atoms. The average Bonchev–Trinajstić information content (AvgIpc) is 2.92. The fourth-order valence-electron chi connectivity index (χ4n) is 1.71. The summed E-state index contributed by atoms with van der Waals surface area (Å²) >= 11 is 0. The van der Waals surface area contributed by atoms with Crippen molar-refractivity contribution in [1.29, 1.82) is 0 Å². The second kappa shape index (κ2) is 5.60. The summed E-state index contributed by atoms with van der Waals surface area (Å²) in [6.45, 7) is 3.58. The van der Waals surface area contributed by atoms with E-state index in [1.807, 2.05) is 6.92 Å². The van der Waals surface area contributed by atoms with Gasteiger partial charge in [-0.1, -0.05) is 12.1 Å². The predicted molar refractivity (Wildman–Crippen MR) is 67.7 cm³/mol. The van der Waals surface area contributed by atoms with Crippen molar-refractivity contribution in [2.45, 2.75) is 25.9 Å². The van der Waals surface area contributed by atoms with Crippen LogP contribution in [0.4, 0.5) is 4.39 Å². The lowest BCUT2D eigenvalue weighted by Gasteiger charge is -2.17. The van der Waals surface area contributed by atoms with Gasteiger partial charge in [0.15, 0.2) is 0 Å². The standard InChI is InChI=1S/C13H15FN4O/c1-9(11-3-5-12(14)6-4-11)17-13(19)10(2)18-8-15-7-16-18/h3-10H,1-2H3,(H,17,19)/t9-,10-/m1/s1. The van der Waals surface area contributed by atoms with E-state index in [-0.39, 0.29) is 17.8 Å². The van der Waals surface area contributed by atoms with Gasteiger partial charge in [0.2, 0.25) is 5.91 Å². The number of amides is 1. The van der Waals surface area contributed by atoms with Crippen molar-refractivity contribution >= 4 is 5.91 Å². The van der Waals surface area contributed by atoms with Crippen molar-refractivity contribution in [3.63, 3.8) is 0 Å². The van der Waals surface area contributed by atoms with Gasteiger partial charge in [0.25, 0.3) is 0 Å². The Morgan fingerprint density at radius 2 is 2.00 bits per heavy atom. The fourth-order valence-corrected chi connectivity index (χ4v) is 1.71. The van der Waals surface area contributed by atoms with Crippen LogP contribution in [0.15, 0.2) is 36.9 Å². The molecule has 2 atom stereocenters. The Kier molecular flexibility index (Phi) is 3.89. The minimum atomic E-state index is -0.439. The summed E-state index contributed by atoms with van der Waals surface area (Å²) in [5.74, 6) is -0.458. The number of hydrogen-bond donors (Lipinski definition) is 1. The van der Waals surface area contributed by atoms with Crippen LogP contribution in [0.3, 0.4) is 0 Å². The quantitative estimate of drug-likeness (QED) is 0.914. The molecule has 1 aromatic carbocycles. The van der Waals surface area contributed by atoms with E-state index < -0.39 is 6.04 Å². The molecule has 5 nitrogen and oxygen atoms in total. The molecule has 1 N–H and O–H groups in total. The lowest BCUT2D eigenvalue weighted by atomic mass is 10.1. The summed E-state index contributed by atoms with van der Waals surface area (Å²) in [7, 11) is 0. The minimum absolute atomic E-state index is 0.165. The van der Waals surface area contributed by atoms with Crippen LogP contribution in [0.5, 0.6) is 0 Å². The van der Waals surface area contributed by atoms with Gasteiger partial charge in [0, 0.05) is 0 Å². The number of aromatic nitrogens is 3. The lowest BCUT2D eigenvalue weighted by molar-refractivity contribution is -0.124. The van der Waals surface area contributed by atoms with Crippen LogP contribution in [-0.4, -0.2) is 20.7 Å². The van der Waals surface area contributed by atoms with Gasteiger partial charge in [-0.25, -0.2) is 14.1 Å². The molecule has 0 bridgehead atoms. The molecule has 100 valence electrons. The molecule has 0 unspecified atom stereocenters. The zero-order valence-corrected chi connectivity index (χ0v) is 10.7. The average molecular weight is 262 g/mol. The third-order valence-electron chi connectivity index (χ3n) is 2.94. The molecule has 1 heterocycles. The smallest absolute Gasteiger partial charge is 0.245 e. The number of halogens is 1. The van der Waals surface area contributed by atoms with Crippen LogP contribution < -0.4 is 5.32 Å². The maximum Gasteiger partial charge on any atom is 0.245 e. The lowest BCUT2D eigenvalue weighted by Crippen LogP contribution is -2.33. The summed E-state index contributed by atoms with van der Waals surface area (Å²) in [5, 5.41) is 6.78. The van der Waals surface area contributed by atoms with Crippen molar-refractivity contribution in [3.05, 3.63) is 48.3 Å². The molecule has 19 heavy (non-hydrogen) atoms. The third-order valence-corrected chi connectivity index (χ3v) is 2.94. The molecule has 6 heteroatoms. The van der Waals surface area contributed by atoms with E-state index >= 15 is 0 Å². The van der Waals surface area contributed by atoms with Gasteiger partial charge in [0.1, 0.15) is 24.5 Å². The van der Waals surface area contributed by atoms with E-state index in [1.54, 1.807) is 19.1 Å². The predicted octanol–water partition coefficient (Wildman–Crippen LogP) is 1.86. The summed E-state index contributed by atoms with van der Waals surface area (Å²) in [4.78, 5) is 15.8. The number of nitrogens with zero attached hydrogens (tertiary/aromatic N) is 3. The Hall–Kier alpha value is -2.24. The van der Waals surface area contributed by atoms with Gasteiger partial charge in [-0.05, 0) is 31.5 Å². The normalized spacial score (nSPS) is 13.8. The van der Waals surface area contributed by atoms with Crippen LogP contribution in [0.2, 0.25) is 0 Å². The first kappa shape index (κ1) is 13.2. The third kappa shape index (κ3) is 3.15. The van der Waals surface area contributed by atoms with Gasteiger partial charge in [-0.2, -0.15) is 5.10 Å². The van der Waals surface area contributed by atoms with Crippen LogP contribution in [-0.2, 0) is 4.79 Å². The molecule has 0 aliphatic carbocycles. The Labute approximate surface area is 110 Å². The molecule has 0 aliphatic heterocycles. The molecule has 0 aliphatic rings. The maximum atomic E-state index is 12.8. The first-order valence-corrected chi connectivity index (χ1v) is 5.98. The van der Waals surface area contributed by atoms with E-state index in [4.69, 9.17) is 0 Å². The molecule has 2 rings (SSSR count). The Balaban J connectivity index is 2.00.